The summed E-state index contributed by atoms with van der Waals surface area (Å²) < 4.78 is 13.1. The van der Waals surface area contributed by atoms with Crippen molar-refractivity contribution in [2.75, 3.05) is 12.0 Å². The Balaban J connectivity index is 1.40. The molecular weight excluding hydrogens is 542 g/mol. The third-order valence-electron chi connectivity index (χ3n) is 5.61. The third-order valence-corrected chi connectivity index (χ3v) is 7.50. The summed E-state index contributed by atoms with van der Waals surface area (Å²) in [7, 11) is 1.60. The van der Waals surface area contributed by atoms with Crippen LogP contribution in [-0.4, -0.2) is 17.3 Å². The van der Waals surface area contributed by atoms with Gasteiger partial charge in [-0.2, -0.15) is 0 Å². The summed E-state index contributed by atoms with van der Waals surface area (Å²) in [6.45, 7) is 0.394. The Morgan fingerprint density at radius 1 is 1.00 bits per heavy atom. The van der Waals surface area contributed by atoms with Crippen molar-refractivity contribution in [1.82, 2.24) is 0 Å². The molecule has 0 bridgehead atoms. The fraction of sp³-hybridized carbons (Fsp3) is 0.0714. The first kappa shape index (κ1) is 23.6. The summed E-state index contributed by atoms with van der Waals surface area (Å²) in [5.41, 5.74) is 2.65. The van der Waals surface area contributed by atoms with Crippen molar-refractivity contribution in [2.45, 2.75) is 6.61 Å². The molecule has 35 heavy (non-hydrogen) atoms. The van der Waals surface area contributed by atoms with Crippen molar-refractivity contribution < 1.29 is 14.3 Å². The van der Waals surface area contributed by atoms with E-state index in [4.69, 9.17) is 21.7 Å². The van der Waals surface area contributed by atoms with Crippen LogP contribution in [-0.2, 0) is 11.4 Å². The Morgan fingerprint density at radius 3 is 2.54 bits per heavy atom. The zero-order chi connectivity index (χ0) is 24.4. The zero-order valence-corrected chi connectivity index (χ0v) is 22.0. The largest absolute Gasteiger partial charge is 0.493 e. The predicted molar refractivity (Wildman–Crippen MR) is 151 cm³/mol. The number of hydrogen-bond donors (Lipinski definition) is 0. The van der Waals surface area contributed by atoms with Gasteiger partial charge in [-0.15, -0.1) is 0 Å². The molecule has 0 saturated carbocycles. The molecule has 5 rings (SSSR count). The summed E-state index contributed by atoms with van der Waals surface area (Å²) in [5.74, 6) is 1.04. The summed E-state index contributed by atoms with van der Waals surface area (Å²) in [4.78, 5) is 15.2. The molecule has 1 heterocycles. The molecule has 4 aromatic rings. The van der Waals surface area contributed by atoms with Gasteiger partial charge in [-0.3, -0.25) is 9.69 Å². The Labute approximate surface area is 221 Å². The van der Waals surface area contributed by atoms with Gasteiger partial charge < -0.3 is 9.47 Å². The molecule has 1 aliphatic heterocycles. The number of methoxy groups -OCH3 is 1. The molecule has 0 N–H and O–H groups in total. The van der Waals surface area contributed by atoms with Crippen LogP contribution in [0.15, 0.2) is 94.3 Å². The van der Waals surface area contributed by atoms with Crippen molar-refractivity contribution in [2.24, 2.45) is 0 Å². The number of para-hydroxylation sites is 1. The van der Waals surface area contributed by atoms with E-state index in [-0.39, 0.29) is 5.91 Å². The lowest BCUT2D eigenvalue weighted by Crippen LogP contribution is -2.27. The van der Waals surface area contributed by atoms with E-state index in [1.54, 1.807) is 12.0 Å². The predicted octanol–water partition coefficient (Wildman–Crippen LogP) is 7.60. The Bertz CT molecular complexity index is 1460. The van der Waals surface area contributed by atoms with Crippen molar-refractivity contribution in [1.29, 1.82) is 0 Å². The second-order valence-corrected chi connectivity index (χ2v) is 10.3. The Hall–Kier alpha value is -3.13. The van der Waals surface area contributed by atoms with Crippen LogP contribution >= 0.6 is 39.9 Å². The van der Waals surface area contributed by atoms with Gasteiger partial charge in [0.15, 0.2) is 15.8 Å². The van der Waals surface area contributed by atoms with Crippen LogP contribution in [0.1, 0.15) is 11.1 Å². The normalized spacial score (nSPS) is 14.7. The van der Waals surface area contributed by atoms with E-state index >= 15 is 0 Å². The first-order valence-corrected chi connectivity index (χ1v) is 12.9. The minimum Gasteiger partial charge on any atom is -0.493 e. The molecule has 7 heteroatoms. The number of carbonyl (C=O) groups excluding carboxylic acids is 1. The molecule has 0 atom stereocenters. The number of fused-ring (bicyclic) bond motifs is 1. The molecule has 1 fully saturated rings. The van der Waals surface area contributed by atoms with Gasteiger partial charge in [-0.05, 0) is 68.2 Å². The summed E-state index contributed by atoms with van der Waals surface area (Å²) >= 11 is 10.4. The SMILES string of the molecule is COc1cc(/C=C2/SC(=S)N(c3ccccc3)C2=O)cc(Br)c1OCc1cccc2ccccc12. The lowest BCUT2D eigenvalue weighted by molar-refractivity contribution is -0.113. The number of anilines is 1. The Kier molecular flexibility index (Phi) is 6.90. The molecule has 1 saturated heterocycles. The van der Waals surface area contributed by atoms with E-state index in [2.05, 4.69) is 40.2 Å². The number of amides is 1. The molecule has 1 aliphatic rings. The van der Waals surface area contributed by atoms with Gasteiger partial charge in [0.2, 0.25) is 0 Å². The molecule has 0 aliphatic carbocycles. The summed E-state index contributed by atoms with van der Waals surface area (Å²) in [6, 6.07) is 27.6. The number of thiocarbonyl (C=S) groups is 1. The topological polar surface area (TPSA) is 38.8 Å². The van der Waals surface area contributed by atoms with Gasteiger partial charge in [0.1, 0.15) is 6.61 Å². The maximum Gasteiger partial charge on any atom is 0.270 e. The molecule has 174 valence electrons. The second-order valence-electron chi connectivity index (χ2n) is 7.81. The molecule has 1 amide bonds. The minimum absolute atomic E-state index is 0.141. The van der Waals surface area contributed by atoms with Crippen LogP contribution in [0.2, 0.25) is 0 Å². The number of carbonyl (C=O) groups is 1. The van der Waals surface area contributed by atoms with E-state index in [9.17, 15) is 4.79 Å². The van der Waals surface area contributed by atoms with Gasteiger partial charge in [-0.1, -0.05) is 84.6 Å². The maximum atomic E-state index is 13.1. The molecule has 0 unspecified atom stereocenters. The highest BCUT2D eigenvalue weighted by Crippen LogP contribution is 2.40. The standard InChI is InChI=1S/C28H20BrNO3S2/c1-32-24-15-18(16-25-27(31)30(28(34)35-25)21-11-3-2-4-12-21)14-23(29)26(24)33-17-20-10-7-9-19-8-5-6-13-22(19)20/h2-16H,17H2,1H3/b25-16+. The van der Waals surface area contributed by atoms with Crippen LogP contribution < -0.4 is 14.4 Å². The number of halogens is 1. The molecular formula is C28H20BrNO3S2. The number of rotatable bonds is 6. The molecule has 4 nitrogen and oxygen atoms in total. The summed E-state index contributed by atoms with van der Waals surface area (Å²) in [6.07, 6.45) is 1.82. The lowest BCUT2D eigenvalue weighted by atomic mass is 10.1. The second kappa shape index (κ2) is 10.2. The van der Waals surface area contributed by atoms with E-state index < -0.39 is 0 Å². The zero-order valence-electron chi connectivity index (χ0n) is 18.7. The van der Waals surface area contributed by atoms with E-state index in [1.165, 1.54) is 17.1 Å². The fourth-order valence-corrected chi connectivity index (χ4v) is 5.82. The lowest BCUT2D eigenvalue weighted by Gasteiger charge is -2.15. The molecule has 0 aromatic heterocycles. The smallest absolute Gasteiger partial charge is 0.270 e. The monoisotopic (exact) mass is 561 g/mol. The van der Waals surface area contributed by atoms with Gasteiger partial charge >= 0.3 is 0 Å². The van der Waals surface area contributed by atoms with Crippen LogP contribution in [0, 0.1) is 0 Å². The average Bonchev–Trinajstić information content (AvgIpc) is 3.15. The van der Waals surface area contributed by atoms with Gasteiger partial charge in [0.05, 0.1) is 22.2 Å². The minimum atomic E-state index is -0.141. The number of hydrogen-bond acceptors (Lipinski definition) is 5. The maximum absolute atomic E-state index is 13.1. The highest BCUT2D eigenvalue weighted by molar-refractivity contribution is 9.10. The van der Waals surface area contributed by atoms with Crippen LogP contribution in [0.25, 0.3) is 16.8 Å². The third kappa shape index (κ3) is 4.85. The number of ether oxygens (including phenoxy) is 2. The average molecular weight is 563 g/mol. The Morgan fingerprint density at radius 2 is 1.74 bits per heavy atom. The molecule has 4 aromatic carbocycles. The first-order chi connectivity index (χ1) is 17.0. The van der Waals surface area contributed by atoms with Crippen molar-refractivity contribution >= 4 is 72.7 Å². The quantitative estimate of drug-likeness (QED) is 0.179. The van der Waals surface area contributed by atoms with Crippen LogP contribution in [0.4, 0.5) is 5.69 Å². The molecule has 0 spiro atoms. The van der Waals surface area contributed by atoms with Crippen LogP contribution in [0.3, 0.4) is 0 Å². The van der Waals surface area contributed by atoms with E-state index in [0.717, 1.165) is 26.7 Å². The fourth-order valence-electron chi connectivity index (χ4n) is 3.95. The van der Waals surface area contributed by atoms with Crippen molar-refractivity contribution in [3.8, 4) is 11.5 Å². The summed E-state index contributed by atoms with van der Waals surface area (Å²) in [5, 5.41) is 2.32. The van der Waals surface area contributed by atoms with Gasteiger partial charge in [-0.25, -0.2) is 0 Å². The highest BCUT2D eigenvalue weighted by Gasteiger charge is 2.33. The number of nitrogens with zero attached hydrogens (tertiary/aromatic N) is 1. The van der Waals surface area contributed by atoms with Crippen molar-refractivity contribution in [3.63, 3.8) is 0 Å². The van der Waals surface area contributed by atoms with Crippen LogP contribution in [0.5, 0.6) is 11.5 Å². The molecule has 0 radical (unpaired) electrons. The first-order valence-electron chi connectivity index (χ1n) is 10.8. The number of thioether (sulfide) groups is 1. The van der Waals surface area contributed by atoms with E-state index in [1.807, 2.05) is 66.7 Å². The van der Waals surface area contributed by atoms with Gasteiger partial charge in [0, 0.05) is 0 Å². The van der Waals surface area contributed by atoms with Gasteiger partial charge in [0.25, 0.3) is 5.91 Å². The number of benzene rings is 4. The highest BCUT2D eigenvalue weighted by atomic mass is 79.9. The van der Waals surface area contributed by atoms with Crippen molar-refractivity contribution in [3.05, 3.63) is 105 Å². The van der Waals surface area contributed by atoms with E-state index in [0.29, 0.717) is 27.3 Å².